The highest BCUT2D eigenvalue weighted by Gasteiger charge is 2.31. The average Bonchev–Trinajstić information content (AvgIpc) is 3.11. The Morgan fingerprint density at radius 1 is 1.20 bits per heavy atom. The van der Waals surface area contributed by atoms with Crippen LogP contribution in [0.15, 0.2) is 48.5 Å². The van der Waals surface area contributed by atoms with E-state index in [2.05, 4.69) is 0 Å². The SMILES string of the molecule is COc1ccccc1C1CCCN1C(=O)Cc1cccc(C(=O)O)c1. The highest BCUT2D eigenvalue weighted by molar-refractivity contribution is 5.88. The van der Waals surface area contributed by atoms with Crippen molar-refractivity contribution in [2.75, 3.05) is 13.7 Å². The molecule has 1 aliphatic rings. The van der Waals surface area contributed by atoms with Gasteiger partial charge in [-0.15, -0.1) is 0 Å². The number of methoxy groups -OCH3 is 1. The Balaban J connectivity index is 1.79. The summed E-state index contributed by atoms with van der Waals surface area (Å²) in [6, 6.07) is 14.3. The van der Waals surface area contributed by atoms with E-state index in [1.807, 2.05) is 29.2 Å². The predicted molar refractivity (Wildman–Crippen MR) is 93.8 cm³/mol. The summed E-state index contributed by atoms with van der Waals surface area (Å²) in [5.74, 6) is -0.182. The van der Waals surface area contributed by atoms with Crippen LogP contribution in [0.2, 0.25) is 0 Å². The Kier molecular flexibility index (Phi) is 5.03. The Morgan fingerprint density at radius 3 is 2.76 bits per heavy atom. The second-order valence-electron chi connectivity index (χ2n) is 6.17. The van der Waals surface area contributed by atoms with Crippen molar-refractivity contribution in [2.45, 2.75) is 25.3 Å². The molecule has 1 saturated heterocycles. The fraction of sp³-hybridized carbons (Fsp3) is 0.300. The Bertz CT molecular complexity index is 787. The van der Waals surface area contributed by atoms with Gasteiger partial charge in [-0.3, -0.25) is 4.79 Å². The van der Waals surface area contributed by atoms with Crippen LogP contribution in [0.1, 0.15) is 40.4 Å². The molecular weight excluding hydrogens is 318 g/mol. The molecule has 0 bridgehead atoms. The number of hydrogen-bond donors (Lipinski definition) is 1. The molecule has 5 heteroatoms. The predicted octanol–water partition coefficient (Wildman–Crippen LogP) is 3.30. The standard InChI is InChI=1S/C20H21NO4/c1-25-18-10-3-2-8-16(18)17-9-5-11-21(17)19(22)13-14-6-4-7-15(12-14)20(23)24/h2-4,6-8,10,12,17H,5,9,11,13H2,1H3,(H,23,24). The third-order valence-electron chi connectivity index (χ3n) is 4.60. The number of carbonyl (C=O) groups is 2. The van der Waals surface area contributed by atoms with E-state index in [9.17, 15) is 9.59 Å². The lowest BCUT2D eigenvalue weighted by molar-refractivity contribution is -0.131. The van der Waals surface area contributed by atoms with Crippen molar-refractivity contribution in [1.82, 2.24) is 4.90 Å². The van der Waals surface area contributed by atoms with E-state index in [0.717, 1.165) is 29.7 Å². The molecule has 2 aromatic rings. The number of hydrogen-bond acceptors (Lipinski definition) is 3. The van der Waals surface area contributed by atoms with Crippen LogP contribution in [0.25, 0.3) is 0 Å². The smallest absolute Gasteiger partial charge is 0.335 e. The van der Waals surface area contributed by atoms with Crippen molar-refractivity contribution < 1.29 is 19.4 Å². The molecule has 130 valence electrons. The number of para-hydroxylation sites is 1. The maximum atomic E-state index is 12.8. The first-order valence-electron chi connectivity index (χ1n) is 8.35. The van der Waals surface area contributed by atoms with Gasteiger partial charge in [0.1, 0.15) is 5.75 Å². The zero-order chi connectivity index (χ0) is 17.8. The zero-order valence-corrected chi connectivity index (χ0v) is 14.1. The quantitative estimate of drug-likeness (QED) is 0.908. The van der Waals surface area contributed by atoms with Gasteiger partial charge < -0.3 is 14.7 Å². The second-order valence-corrected chi connectivity index (χ2v) is 6.17. The van der Waals surface area contributed by atoms with Gasteiger partial charge in [0.15, 0.2) is 0 Å². The summed E-state index contributed by atoms with van der Waals surface area (Å²) in [7, 11) is 1.64. The summed E-state index contributed by atoms with van der Waals surface area (Å²) in [4.78, 5) is 25.8. The molecule has 1 unspecified atom stereocenters. The lowest BCUT2D eigenvalue weighted by Crippen LogP contribution is -2.32. The second kappa shape index (κ2) is 7.38. The van der Waals surface area contributed by atoms with Gasteiger partial charge in [0.25, 0.3) is 0 Å². The van der Waals surface area contributed by atoms with Gasteiger partial charge in [-0.1, -0.05) is 30.3 Å². The van der Waals surface area contributed by atoms with Crippen LogP contribution in [0.3, 0.4) is 0 Å². The van der Waals surface area contributed by atoms with Crippen molar-refractivity contribution >= 4 is 11.9 Å². The van der Waals surface area contributed by atoms with Gasteiger partial charge in [-0.25, -0.2) is 4.79 Å². The van der Waals surface area contributed by atoms with E-state index in [0.29, 0.717) is 6.54 Å². The van der Waals surface area contributed by atoms with Crippen molar-refractivity contribution in [1.29, 1.82) is 0 Å². The van der Waals surface area contributed by atoms with Crippen molar-refractivity contribution in [3.63, 3.8) is 0 Å². The minimum atomic E-state index is -0.984. The summed E-state index contributed by atoms with van der Waals surface area (Å²) < 4.78 is 5.44. The first-order valence-corrected chi connectivity index (χ1v) is 8.35. The molecule has 5 nitrogen and oxygen atoms in total. The number of likely N-dealkylation sites (tertiary alicyclic amines) is 1. The fourth-order valence-corrected chi connectivity index (χ4v) is 3.42. The number of carboxylic acid groups (broad SMARTS) is 1. The van der Waals surface area contributed by atoms with E-state index in [1.165, 1.54) is 6.07 Å². The topological polar surface area (TPSA) is 66.8 Å². The third-order valence-corrected chi connectivity index (χ3v) is 4.60. The third kappa shape index (κ3) is 3.65. The molecule has 1 amide bonds. The van der Waals surface area contributed by atoms with Crippen LogP contribution >= 0.6 is 0 Å². The number of nitrogens with zero attached hydrogens (tertiary/aromatic N) is 1. The summed E-state index contributed by atoms with van der Waals surface area (Å²) in [6.45, 7) is 0.709. The molecule has 1 fully saturated rings. The molecule has 3 rings (SSSR count). The van der Waals surface area contributed by atoms with Crippen molar-refractivity contribution in [2.24, 2.45) is 0 Å². The van der Waals surface area contributed by atoms with Crippen molar-refractivity contribution in [3.8, 4) is 5.75 Å². The molecule has 2 aromatic carbocycles. The number of ether oxygens (including phenoxy) is 1. The molecular formula is C20H21NO4. The number of benzene rings is 2. The van der Waals surface area contributed by atoms with Crippen LogP contribution in [0.4, 0.5) is 0 Å². The zero-order valence-electron chi connectivity index (χ0n) is 14.1. The molecule has 25 heavy (non-hydrogen) atoms. The van der Waals surface area contributed by atoms with Crippen LogP contribution in [0, 0.1) is 0 Å². The molecule has 0 saturated carbocycles. The van der Waals surface area contributed by atoms with E-state index >= 15 is 0 Å². The number of amides is 1. The van der Waals surface area contributed by atoms with Crippen LogP contribution in [-0.2, 0) is 11.2 Å². The van der Waals surface area contributed by atoms with Gasteiger partial charge in [-0.05, 0) is 36.6 Å². The molecule has 1 N–H and O–H groups in total. The normalized spacial score (nSPS) is 16.7. The lowest BCUT2D eigenvalue weighted by atomic mass is 10.0. The molecule has 0 aromatic heterocycles. The van der Waals surface area contributed by atoms with Crippen LogP contribution in [-0.4, -0.2) is 35.5 Å². The van der Waals surface area contributed by atoms with E-state index in [1.54, 1.807) is 25.3 Å². The van der Waals surface area contributed by atoms with Crippen molar-refractivity contribution in [3.05, 3.63) is 65.2 Å². The minimum Gasteiger partial charge on any atom is -0.496 e. The molecule has 1 heterocycles. The van der Waals surface area contributed by atoms with E-state index in [4.69, 9.17) is 9.84 Å². The van der Waals surface area contributed by atoms with Gasteiger partial charge in [-0.2, -0.15) is 0 Å². The summed E-state index contributed by atoms with van der Waals surface area (Å²) in [5.41, 5.74) is 1.94. The first-order chi connectivity index (χ1) is 12.1. The summed E-state index contributed by atoms with van der Waals surface area (Å²) in [6.07, 6.45) is 2.05. The van der Waals surface area contributed by atoms with Gasteiger partial charge in [0.2, 0.25) is 5.91 Å². The summed E-state index contributed by atoms with van der Waals surface area (Å²) >= 11 is 0. The number of carbonyl (C=O) groups excluding carboxylic acids is 1. The lowest BCUT2D eigenvalue weighted by Gasteiger charge is -2.26. The van der Waals surface area contributed by atoms with Gasteiger partial charge >= 0.3 is 5.97 Å². The minimum absolute atomic E-state index is 0.00584. The summed E-state index contributed by atoms with van der Waals surface area (Å²) in [5, 5.41) is 9.09. The molecule has 0 aliphatic carbocycles. The maximum Gasteiger partial charge on any atom is 0.335 e. The van der Waals surface area contributed by atoms with Gasteiger partial charge in [0, 0.05) is 12.1 Å². The Labute approximate surface area is 146 Å². The maximum absolute atomic E-state index is 12.8. The Hall–Kier alpha value is -2.82. The van der Waals surface area contributed by atoms with Crippen LogP contribution in [0.5, 0.6) is 5.75 Å². The van der Waals surface area contributed by atoms with Gasteiger partial charge in [0.05, 0.1) is 25.1 Å². The Morgan fingerprint density at radius 2 is 2.00 bits per heavy atom. The largest absolute Gasteiger partial charge is 0.496 e. The average molecular weight is 339 g/mol. The fourth-order valence-electron chi connectivity index (χ4n) is 3.42. The highest BCUT2D eigenvalue weighted by Crippen LogP contribution is 2.37. The highest BCUT2D eigenvalue weighted by atomic mass is 16.5. The number of carboxylic acids is 1. The molecule has 0 radical (unpaired) electrons. The van der Waals surface area contributed by atoms with Crippen LogP contribution < -0.4 is 4.74 Å². The first kappa shape index (κ1) is 17.0. The monoisotopic (exact) mass is 339 g/mol. The molecule has 1 atom stereocenters. The number of aromatic carboxylic acids is 1. The molecule has 0 spiro atoms. The molecule has 1 aliphatic heterocycles. The van der Waals surface area contributed by atoms with E-state index in [-0.39, 0.29) is 23.9 Å². The number of rotatable bonds is 5. The van der Waals surface area contributed by atoms with E-state index < -0.39 is 5.97 Å².